The van der Waals surface area contributed by atoms with Crippen molar-refractivity contribution < 1.29 is 4.39 Å². The highest BCUT2D eigenvalue weighted by atomic mass is 79.9. The average Bonchev–Trinajstić information content (AvgIpc) is 2.86. The third-order valence-electron chi connectivity index (χ3n) is 2.47. The van der Waals surface area contributed by atoms with E-state index in [0.29, 0.717) is 11.5 Å². The van der Waals surface area contributed by atoms with E-state index in [-0.39, 0.29) is 5.92 Å². The van der Waals surface area contributed by atoms with Crippen molar-refractivity contribution >= 4 is 15.9 Å². The minimum atomic E-state index is -0.448. The fraction of sp³-hybridized carbons (Fsp3) is 0.600. The molecule has 14 heavy (non-hydrogen) atoms. The Labute approximate surface area is 91.1 Å². The molecule has 0 saturated heterocycles. The Balaban J connectivity index is 2.50. The molecule has 1 aliphatic carbocycles. The molecule has 0 N–H and O–H groups in total. The van der Waals surface area contributed by atoms with E-state index in [1.165, 1.54) is 0 Å². The molecule has 0 bridgehead atoms. The van der Waals surface area contributed by atoms with Gasteiger partial charge in [-0.05, 0) is 34.7 Å². The summed E-state index contributed by atoms with van der Waals surface area (Å²) in [5.41, 5.74) is 1.58. The number of aromatic nitrogens is 2. The van der Waals surface area contributed by atoms with E-state index >= 15 is 0 Å². The summed E-state index contributed by atoms with van der Waals surface area (Å²) in [4.78, 5) is 0. The summed E-state index contributed by atoms with van der Waals surface area (Å²) in [6.45, 7) is 3.92. The lowest BCUT2D eigenvalue weighted by Gasteiger charge is -2.11. The van der Waals surface area contributed by atoms with Crippen molar-refractivity contribution in [3.05, 3.63) is 21.7 Å². The van der Waals surface area contributed by atoms with Gasteiger partial charge in [0.1, 0.15) is 0 Å². The van der Waals surface area contributed by atoms with Crippen molar-refractivity contribution in [1.29, 1.82) is 0 Å². The van der Waals surface area contributed by atoms with Gasteiger partial charge in [-0.2, -0.15) is 9.49 Å². The van der Waals surface area contributed by atoms with Crippen LogP contribution in [0.4, 0.5) is 4.39 Å². The molecule has 0 atom stereocenters. The standard InChI is InChI=1S/C10H12BrFN2/c1-5(2)7-8(11)9(6-3-4-6)13-14-10(7)12/h5-6H,3-4H2,1-2H3. The Hall–Kier alpha value is -0.510. The molecule has 0 spiro atoms. The van der Waals surface area contributed by atoms with Crippen LogP contribution in [0.2, 0.25) is 0 Å². The molecule has 2 rings (SSSR count). The predicted molar refractivity (Wildman–Crippen MR) is 55.8 cm³/mol. The van der Waals surface area contributed by atoms with Gasteiger partial charge in [-0.15, -0.1) is 5.10 Å². The number of halogens is 2. The molecule has 0 unspecified atom stereocenters. The van der Waals surface area contributed by atoms with Gasteiger partial charge in [0.25, 0.3) is 0 Å². The molecule has 1 saturated carbocycles. The second kappa shape index (κ2) is 3.57. The first kappa shape index (κ1) is 10.0. The fourth-order valence-corrected chi connectivity index (χ4v) is 2.56. The van der Waals surface area contributed by atoms with Crippen molar-refractivity contribution in [3.8, 4) is 0 Å². The Bertz CT molecular complexity index is 361. The molecular weight excluding hydrogens is 247 g/mol. The van der Waals surface area contributed by atoms with Crippen molar-refractivity contribution in [2.24, 2.45) is 0 Å². The van der Waals surface area contributed by atoms with Gasteiger partial charge < -0.3 is 0 Å². The Morgan fingerprint density at radius 2 is 2.00 bits per heavy atom. The highest BCUT2D eigenvalue weighted by molar-refractivity contribution is 9.10. The van der Waals surface area contributed by atoms with Gasteiger partial charge in [0.2, 0.25) is 5.95 Å². The SMILES string of the molecule is CC(C)c1c(F)nnc(C2CC2)c1Br. The summed E-state index contributed by atoms with van der Waals surface area (Å²) in [5, 5.41) is 7.49. The van der Waals surface area contributed by atoms with Crippen molar-refractivity contribution in [2.75, 3.05) is 0 Å². The first-order chi connectivity index (χ1) is 6.61. The molecule has 1 heterocycles. The molecule has 0 amide bonds. The molecule has 0 aromatic carbocycles. The maximum absolute atomic E-state index is 13.4. The van der Waals surface area contributed by atoms with Crippen molar-refractivity contribution in [2.45, 2.75) is 38.5 Å². The van der Waals surface area contributed by atoms with Crippen LogP contribution >= 0.6 is 15.9 Å². The van der Waals surface area contributed by atoms with Gasteiger partial charge in [0.15, 0.2) is 0 Å². The Morgan fingerprint density at radius 3 is 2.50 bits per heavy atom. The van der Waals surface area contributed by atoms with E-state index in [0.717, 1.165) is 23.0 Å². The van der Waals surface area contributed by atoms with Gasteiger partial charge in [0.05, 0.1) is 5.69 Å². The zero-order valence-corrected chi connectivity index (χ0v) is 9.81. The highest BCUT2D eigenvalue weighted by Gasteiger charge is 2.30. The number of hydrogen-bond donors (Lipinski definition) is 0. The smallest absolute Gasteiger partial charge is 0.183 e. The van der Waals surface area contributed by atoms with Crippen LogP contribution in [0.5, 0.6) is 0 Å². The number of rotatable bonds is 2. The van der Waals surface area contributed by atoms with E-state index < -0.39 is 5.95 Å². The normalized spacial score (nSPS) is 16.4. The molecule has 4 heteroatoms. The number of nitrogens with zero attached hydrogens (tertiary/aromatic N) is 2. The predicted octanol–water partition coefficient (Wildman–Crippen LogP) is 3.38. The fourth-order valence-electron chi connectivity index (χ4n) is 1.53. The van der Waals surface area contributed by atoms with Crippen LogP contribution in [0.25, 0.3) is 0 Å². The Morgan fingerprint density at radius 1 is 1.36 bits per heavy atom. The lowest BCUT2D eigenvalue weighted by molar-refractivity contribution is 0.530. The Kier molecular flexibility index (Phi) is 2.56. The third kappa shape index (κ3) is 1.67. The summed E-state index contributed by atoms with van der Waals surface area (Å²) in [6, 6.07) is 0. The van der Waals surface area contributed by atoms with Crippen molar-refractivity contribution in [3.63, 3.8) is 0 Å². The maximum atomic E-state index is 13.4. The molecular formula is C10H12BrFN2. The molecule has 0 radical (unpaired) electrons. The summed E-state index contributed by atoms with van der Waals surface area (Å²) in [7, 11) is 0. The van der Waals surface area contributed by atoms with E-state index in [9.17, 15) is 4.39 Å². The van der Waals surface area contributed by atoms with E-state index in [1.54, 1.807) is 0 Å². The van der Waals surface area contributed by atoms with Crippen LogP contribution in [-0.4, -0.2) is 10.2 Å². The molecule has 0 aliphatic heterocycles. The molecule has 76 valence electrons. The van der Waals surface area contributed by atoms with Gasteiger partial charge in [-0.25, -0.2) is 0 Å². The van der Waals surface area contributed by atoms with Gasteiger partial charge >= 0.3 is 0 Å². The number of hydrogen-bond acceptors (Lipinski definition) is 2. The van der Waals surface area contributed by atoms with E-state index in [4.69, 9.17) is 0 Å². The molecule has 2 nitrogen and oxygen atoms in total. The van der Waals surface area contributed by atoms with Crippen molar-refractivity contribution in [1.82, 2.24) is 10.2 Å². The monoisotopic (exact) mass is 258 g/mol. The van der Waals surface area contributed by atoms with Crippen LogP contribution in [0.1, 0.15) is 49.8 Å². The second-order valence-electron chi connectivity index (χ2n) is 4.03. The van der Waals surface area contributed by atoms with Crippen LogP contribution < -0.4 is 0 Å². The topological polar surface area (TPSA) is 25.8 Å². The minimum absolute atomic E-state index is 0.136. The highest BCUT2D eigenvalue weighted by Crippen LogP contribution is 2.43. The van der Waals surface area contributed by atoms with E-state index in [1.807, 2.05) is 13.8 Å². The first-order valence-electron chi connectivity index (χ1n) is 4.82. The minimum Gasteiger partial charge on any atom is -0.183 e. The molecule has 1 fully saturated rings. The van der Waals surface area contributed by atoms with Gasteiger partial charge in [0, 0.05) is 16.0 Å². The molecule has 1 aromatic rings. The summed E-state index contributed by atoms with van der Waals surface area (Å²) in [6.07, 6.45) is 2.30. The quantitative estimate of drug-likeness (QED) is 0.813. The van der Waals surface area contributed by atoms with Gasteiger partial charge in [-0.3, -0.25) is 0 Å². The first-order valence-corrected chi connectivity index (χ1v) is 5.62. The lowest BCUT2D eigenvalue weighted by atomic mass is 10.0. The summed E-state index contributed by atoms with van der Waals surface area (Å²) in [5.74, 6) is 0.184. The molecule has 1 aliphatic rings. The molecule has 1 aromatic heterocycles. The van der Waals surface area contributed by atoms with E-state index in [2.05, 4.69) is 26.1 Å². The summed E-state index contributed by atoms with van der Waals surface area (Å²) >= 11 is 3.43. The largest absolute Gasteiger partial charge is 0.237 e. The zero-order valence-electron chi connectivity index (χ0n) is 8.22. The van der Waals surface area contributed by atoms with Crippen LogP contribution in [0.3, 0.4) is 0 Å². The summed E-state index contributed by atoms with van der Waals surface area (Å²) < 4.78 is 14.2. The maximum Gasteiger partial charge on any atom is 0.237 e. The zero-order chi connectivity index (χ0) is 10.3. The second-order valence-corrected chi connectivity index (χ2v) is 4.83. The van der Waals surface area contributed by atoms with Crippen LogP contribution in [0, 0.1) is 5.95 Å². The lowest BCUT2D eigenvalue weighted by Crippen LogP contribution is -2.04. The third-order valence-corrected chi connectivity index (χ3v) is 3.30. The van der Waals surface area contributed by atoms with Gasteiger partial charge in [-0.1, -0.05) is 13.8 Å². The van der Waals surface area contributed by atoms with Crippen LogP contribution in [-0.2, 0) is 0 Å². The average molecular weight is 259 g/mol. The van der Waals surface area contributed by atoms with Crippen LogP contribution in [0.15, 0.2) is 4.47 Å².